The van der Waals surface area contributed by atoms with Crippen LogP contribution in [-0.4, -0.2) is 53.4 Å². The number of carbonyl (C=O) groups is 4. The highest BCUT2D eigenvalue weighted by atomic mass is 35.5. The molecule has 0 N–H and O–H groups in total. The van der Waals surface area contributed by atoms with E-state index < -0.39 is 11.3 Å². The summed E-state index contributed by atoms with van der Waals surface area (Å²) in [6.45, 7) is 2.76. The van der Waals surface area contributed by atoms with Gasteiger partial charge >= 0.3 is 0 Å². The molecule has 0 aliphatic carbocycles. The number of Topliss-reactive ketones (excluding diaryl/α,β-unsaturated/α-hetero) is 1. The summed E-state index contributed by atoms with van der Waals surface area (Å²) in [5, 5.41) is 0.365. The van der Waals surface area contributed by atoms with Crippen molar-refractivity contribution in [2.75, 3.05) is 20.1 Å². The van der Waals surface area contributed by atoms with Crippen LogP contribution in [0.3, 0.4) is 0 Å². The molecule has 2 fully saturated rings. The van der Waals surface area contributed by atoms with E-state index in [-0.39, 0.29) is 36.4 Å². The molecule has 0 spiro atoms. The average Bonchev–Trinajstić information content (AvgIpc) is 2.92. The molecule has 2 aliphatic rings. The fourth-order valence-electron chi connectivity index (χ4n) is 4.30. The molecule has 0 radical (unpaired) electrons. The third-order valence-electron chi connectivity index (χ3n) is 5.96. The first-order valence-corrected chi connectivity index (χ1v) is 10.0. The van der Waals surface area contributed by atoms with Gasteiger partial charge in [-0.2, -0.15) is 0 Å². The molecule has 28 heavy (non-hydrogen) atoms. The van der Waals surface area contributed by atoms with Crippen LogP contribution in [0.4, 0.5) is 0 Å². The largest absolute Gasteiger partial charge is 0.342 e. The quantitative estimate of drug-likeness (QED) is 0.707. The number of amides is 3. The first-order valence-electron chi connectivity index (χ1n) is 9.66. The molecule has 2 atom stereocenters. The number of rotatable bonds is 5. The predicted molar refractivity (Wildman–Crippen MR) is 105 cm³/mol. The average molecular weight is 405 g/mol. The van der Waals surface area contributed by atoms with Crippen LogP contribution < -0.4 is 0 Å². The van der Waals surface area contributed by atoms with Crippen LogP contribution in [0.15, 0.2) is 24.3 Å². The number of likely N-dealkylation sites (N-methyl/N-ethyl adjacent to an activating group) is 1. The lowest BCUT2D eigenvalue weighted by Crippen LogP contribution is -2.46. The van der Waals surface area contributed by atoms with Crippen LogP contribution in [0.2, 0.25) is 5.02 Å². The van der Waals surface area contributed by atoms with Gasteiger partial charge in [0.15, 0.2) is 0 Å². The Morgan fingerprint density at radius 2 is 1.96 bits per heavy atom. The van der Waals surface area contributed by atoms with Crippen LogP contribution in [-0.2, 0) is 24.6 Å². The van der Waals surface area contributed by atoms with E-state index in [1.54, 1.807) is 29.2 Å². The molecule has 3 rings (SSSR count). The summed E-state index contributed by atoms with van der Waals surface area (Å²) in [5.41, 5.74) is -0.783. The summed E-state index contributed by atoms with van der Waals surface area (Å²) < 4.78 is 0. The third kappa shape index (κ3) is 3.58. The minimum absolute atomic E-state index is 0.0804. The molecule has 0 saturated carbocycles. The summed E-state index contributed by atoms with van der Waals surface area (Å²) in [5.74, 6) is -0.940. The van der Waals surface area contributed by atoms with E-state index in [4.69, 9.17) is 11.6 Å². The van der Waals surface area contributed by atoms with Gasteiger partial charge in [-0.3, -0.25) is 24.1 Å². The monoisotopic (exact) mass is 404 g/mol. The molecular weight excluding hydrogens is 380 g/mol. The Labute approximate surface area is 169 Å². The fraction of sp³-hybridized carbons (Fsp3) is 0.524. The van der Waals surface area contributed by atoms with Crippen molar-refractivity contribution in [1.29, 1.82) is 0 Å². The number of hydrogen-bond acceptors (Lipinski definition) is 4. The second-order valence-electron chi connectivity index (χ2n) is 7.67. The normalized spacial score (nSPS) is 25.3. The number of halogens is 1. The third-order valence-corrected chi connectivity index (χ3v) is 6.29. The second-order valence-corrected chi connectivity index (χ2v) is 8.08. The zero-order valence-corrected chi connectivity index (χ0v) is 17.0. The highest BCUT2D eigenvalue weighted by Crippen LogP contribution is 2.42. The molecule has 0 bridgehead atoms. The highest BCUT2D eigenvalue weighted by molar-refractivity contribution is 6.32. The van der Waals surface area contributed by atoms with Crippen molar-refractivity contribution in [2.24, 2.45) is 5.92 Å². The standard InChI is InChI=1S/C21H25ClN2O4/c1-3-17(25)14-7-6-10-24(13-14)19(27)12-21(11-18(26)23(2)20(21)28)15-8-4-5-9-16(15)22/h4-5,8-9,14H,3,6-7,10-13H2,1-2H3. The van der Waals surface area contributed by atoms with Gasteiger partial charge < -0.3 is 4.90 Å². The van der Waals surface area contributed by atoms with E-state index in [0.29, 0.717) is 30.1 Å². The number of nitrogens with zero attached hydrogens (tertiary/aromatic N) is 2. The number of ketones is 1. The molecule has 1 aromatic rings. The Morgan fingerprint density at radius 3 is 2.57 bits per heavy atom. The molecule has 2 aliphatic heterocycles. The summed E-state index contributed by atoms with van der Waals surface area (Å²) in [6, 6.07) is 6.87. The highest BCUT2D eigenvalue weighted by Gasteiger charge is 2.53. The van der Waals surface area contributed by atoms with E-state index in [1.807, 2.05) is 6.92 Å². The van der Waals surface area contributed by atoms with E-state index in [1.165, 1.54) is 7.05 Å². The van der Waals surface area contributed by atoms with E-state index in [2.05, 4.69) is 0 Å². The molecular formula is C21H25ClN2O4. The first kappa shape index (κ1) is 20.5. The van der Waals surface area contributed by atoms with E-state index in [9.17, 15) is 19.2 Å². The smallest absolute Gasteiger partial charge is 0.240 e. The molecule has 2 saturated heterocycles. The maximum Gasteiger partial charge on any atom is 0.240 e. The number of piperidine rings is 1. The van der Waals surface area contributed by atoms with Gasteiger partial charge in [-0.25, -0.2) is 0 Å². The maximum atomic E-state index is 13.1. The predicted octanol–water partition coefficient (Wildman–Crippen LogP) is 2.57. The zero-order chi connectivity index (χ0) is 20.5. The van der Waals surface area contributed by atoms with Gasteiger partial charge in [0.1, 0.15) is 5.78 Å². The minimum Gasteiger partial charge on any atom is -0.342 e. The summed E-state index contributed by atoms with van der Waals surface area (Å²) >= 11 is 6.36. The van der Waals surface area contributed by atoms with Crippen molar-refractivity contribution in [1.82, 2.24) is 9.80 Å². The van der Waals surface area contributed by atoms with Gasteiger partial charge in [0.25, 0.3) is 0 Å². The Balaban J connectivity index is 1.90. The molecule has 1 aromatic carbocycles. The van der Waals surface area contributed by atoms with Crippen molar-refractivity contribution in [3.8, 4) is 0 Å². The lowest BCUT2D eigenvalue weighted by molar-refractivity contribution is -0.142. The Bertz CT molecular complexity index is 824. The molecule has 7 heteroatoms. The van der Waals surface area contributed by atoms with Crippen LogP contribution >= 0.6 is 11.6 Å². The SMILES string of the molecule is CCC(=O)C1CCCN(C(=O)CC2(c3ccccc3Cl)CC(=O)N(C)C2=O)C1. The lowest BCUT2D eigenvalue weighted by atomic mass is 9.75. The molecule has 0 aromatic heterocycles. The fourth-order valence-corrected chi connectivity index (χ4v) is 4.62. The summed E-state index contributed by atoms with van der Waals surface area (Å²) in [6.07, 6.45) is 1.79. The number of imide groups is 1. The number of benzene rings is 1. The van der Waals surface area contributed by atoms with Crippen molar-refractivity contribution < 1.29 is 19.2 Å². The lowest BCUT2D eigenvalue weighted by Gasteiger charge is -2.35. The number of likely N-dealkylation sites (tertiary alicyclic amines) is 2. The van der Waals surface area contributed by atoms with Gasteiger partial charge in [0, 0.05) is 50.3 Å². The Kier molecular flexibility index (Phi) is 5.89. The minimum atomic E-state index is -1.29. The van der Waals surface area contributed by atoms with Gasteiger partial charge in [0.2, 0.25) is 17.7 Å². The van der Waals surface area contributed by atoms with Crippen molar-refractivity contribution in [2.45, 2.75) is 44.4 Å². The van der Waals surface area contributed by atoms with Crippen LogP contribution in [0.25, 0.3) is 0 Å². The topological polar surface area (TPSA) is 74.8 Å². The second kappa shape index (κ2) is 8.03. The Morgan fingerprint density at radius 1 is 1.25 bits per heavy atom. The molecule has 2 unspecified atom stereocenters. The van der Waals surface area contributed by atoms with Crippen molar-refractivity contribution in [3.05, 3.63) is 34.9 Å². The molecule has 3 amide bonds. The van der Waals surface area contributed by atoms with Crippen LogP contribution in [0.1, 0.15) is 44.6 Å². The number of carbonyl (C=O) groups excluding carboxylic acids is 4. The first-order chi connectivity index (χ1) is 13.3. The molecule has 150 valence electrons. The van der Waals surface area contributed by atoms with Crippen LogP contribution in [0, 0.1) is 5.92 Å². The molecule has 6 nitrogen and oxygen atoms in total. The number of hydrogen-bond donors (Lipinski definition) is 0. The molecule has 2 heterocycles. The van der Waals surface area contributed by atoms with Gasteiger partial charge in [-0.15, -0.1) is 0 Å². The van der Waals surface area contributed by atoms with E-state index in [0.717, 1.165) is 17.7 Å². The van der Waals surface area contributed by atoms with Gasteiger partial charge in [0.05, 0.1) is 5.41 Å². The Hall–Kier alpha value is -2.21. The van der Waals surface area contributed by atoms with E-state index >= 15 is 0 Å². The summed E-state index contributed by atoms with van der Waals surface area (Å²) in [4.78, 5) is 53.3. The van der Waals surface area contributed by atoms with Gasteiger partial charge in [-0.05, 0) is 24.5 Å². The zero-order valence-electron chi connectivity index (χ0n) is 16.2. The maximum absolute atomic E-state index is 13.1. The van der Waals surface area contributed by atoms with Gasteiger partial charge in [-0.1, -0.05) is 36.7 Å². The summed E-state index contributed by atoms with van der Waals surface area (Å²) in [7, 11) is 1.44. The van der Waals surface area contributed by atoms with Crippen molar-refractivity contribution >= 4 is 35.1 Å². The van der Waals surface area contributed by atoms with Crippen LogP contribution in [0.5, 0.6) is 0 Å². The van der Waals surface area contributed by atoms with Crippen molar-refractivity contribution in [3.63, 3.8) is 0 Å².